The van der Waals surface area contributed by atoms with Crippen molar-refractivity contribution in [1.29, 1.82) is 0 Å². The summed E-state index contributed by atoms with van der Waals surface area (Å²) in [6, 6.07) is 14.4. The monoisotopic (exact) mass is 420 g/mol. The summed E-state index contributed by atoms with van der Waals surface area (Å²) in [5.41, 5.74) is 2.97. The van der Waals surface area contributed by atoms with Gasteiger partial charge in [-0.15, -0.1) is 0 Å². The van der Waals surface area contributed by atoms with Gasteiger partial charge < -0.3 is 20.2 Å². The molecule has 0 radical (unpaired) electrons. The molecule has 1 atom stereocenters. The van der Waals surface area contributed by atoms with E-state index in [0.29, 0.717) is 12.0 Å². The first-order chi connectivity index (χ1) is 14.3. The molecule has 4 rings (SSSR count). The quantitative estimate of drug-likeness (QED) is 0.590. The number of aliphatic carboxylic acids is 1. The lowest BCUT2D eigenvalue weighted by Crippen LogP contribution is -2.23. The number of hydrogen-bond donors (Lipinski definition) is 3. The van der Waals surface area contributed by atoms with Gasteiger partial charge in [-0.05, 0) is 30.7 Å². The molecule has 1 aromatic carbocycles. The summed E-state index contributed by atoms with van der Waals surface area (Å²) in [5, 5.41) is 13.8. The van der Waals surface area contributed by atoms with Gasteiger partial charge in [0.2, 0.25) is 5.95 Å². The number of carboxylic acids is 1. The fraction of sp³-hybridized carbons (Fsp3) is 0.250. The number of nitrogens with one attached hydrogen (secondary N) is 2. The van der Waals surface area contributed by atoms with Crippen LogP contribution in [0.3, 0.4) is 0 Å². The molecule has 1 saturated heterocycles. The molecule has 0 saturated carbocycles. The first kappa shape index (κ1) is 21.3. The Kier molecular flexibility index (Phi) is 6.68. The highest BCUT2D eigenvalue weighted by atomic mass is 19.4. The van der Waals surface area contributed by atoms with Gasteiger partial charge in [-0.3, -0.25) is 0 Å². The maximum Gasteiger partial charge on any atom is 0.490 e. The maximum absolute atomic E-state index is 10.6. The van der Waals surface area contributed by atoms with Crippen LogP contribution in [0.5, 0.6) is 0 Å². The molecule has 3 aromatic rings. The highest BCUT2D eigenvalue weighted by Crippen LogP contribution is 2.27. The van der Waals surface area contributed by atoms with Crippen LogP contribution >= 0.6 is 0 Å². The number of hydrogen-bond acceptors (Lipinski definition) is 6. The zero-order chi connectivity index (χ0) is 21.6. The molecule has 3 N–H and O–H groups in total. The number of benzene rings is 1. The largest absolute Gasteiger partial charge is 0.490 e. The Labute approximate surface area is 170 Å². The Balaban J connectivity index is 0.000000318. The number of aromatic nitrogens is 2. The van der Waals surface area contributed by atoms with E-state index in [1.54, 1.807) is 12.5 Å². The highest BCUT2D eigenvalue weighted by molar-refractivity contribution is 5.73. The Morgan fingerprint density at radius 1 is 1.20 bits per heavy atom. The predicted octanol–water partition coefficient (Wildman–Crippen LogP) is 3.81. The van der Waals surface area contributed by atoms with Crippen molar-refractivity contribution >= 4 is 11.9 Å². The molecule has 1 fully saturated rings. The van der Waals surface area contributed by atoms with Crippen LogP contribution in [-0.4, -0.2) is 46.4 Å². The van der Waals surface area contributed by atoms with E-state index in [-0.39, 0.29) is 0 Å². The fourth-order valence-corrected chi connectivity index (χ4v) is 2.78. The third kappa shape index (κ3) is 5.80. The molecule has 0 amide bonds. The number of nitrogens with zero attached hydrogens (tertiary/aromatic N) is 2. The minimum absolute atomic E-state index is 0.390. The van der Waals surface area contributed by atoms with Crippen molar-refractivity contribution in [2.45, 2.75) is 18.6 Å². The van der Waals surface area contributed by atoms with Gasteiger partial charge in [-0.1, -0.05) is 30.3 Å². The van der Waals surface area contributed by atoms with Gasteiger partial charge in [0.25, 0.3) is 0 Å². The number of halogens is 3. The SMILES string of the molecule is O=C(O)C(F)(F)F.c1ccc(-c2coc(-c3ccnc(NC4CCNC4)n3)c2)cc1. The van der Waals surface area contributed by atoms with Crippen molar-refractivity contribution in [3.05, 3.63) is 54.9 Å². The second kappa shape index (κ2) is 9.40. The Hall–Kier alpha value is -3.40. The summed E-state index contributed by atoms with van der Waals surface area (Å²) in [7, 11) is 0. The number of carbonyl (C=O) groups is 1. The van der Waals surface area contributed by atoms with Crippen LogP contribution in [0.1, 0.15) is 6.42 Å². The first-order valence-corrected chi connectivity index (χ1v) is 9.07. The Morgan fingerprint density at radius 2 is 1.93 bits per heavy atom. The van der Waals surface area contributed by atoms with Crippen LogP contribution < -0.4 is 10.6 Å². The molecule has 10 heteroatoms. The summed E-state index contributed by atoms with van der Waals surface area (Å²) in [5.74, 6) is -1.36. The van der Waals surface area contributed by atoms with E-state index in [1.807, 2.05) is 30.3 Å². The molecular weight excluding hydrogens is 401 g/mol. The number of alkyl halides is 3. The van der Waals surface area contributed by atoms with Crippen molar-refractivity contribution in [2.75, 3.05) is 18.4 Å². The molecule has 0 spiro atoms. The molecule has 3 heterocycles. The third-order valence-corrected chi connectivity index (χ3v) is 4.25. The molecule has 0 bridgehead atoms. The number of furan rings is 1. The molecule has 7 nitrogen and oxygen atoms in total. The lowest BCUT2D eigenvalue weighted by Gasteiger charge is -2.10. The summed E-state index contributed by atoms with van der Waals surface area (Å²) >= 11 is 0. The summed E-state index contributed by atoms with van der Waals surface area (Å²) < 4.78 is 37.4. The second-order valence-corrected chi connectivity index (χ2v) is 6.47. The second-order valence-electron chi connectivity index (χ2n) is 6.47. The fourth-order valence-electron chi connectivity index (χ4n) is 2.78. The van der Waals surface area contributed by atoms with Gasteiger partial charge in [0.15, 0.2) is 5.76 Å². The van der Waals surface area contributed by atoms with Crippen molar-refractivity contribution in [3.8, 4) is 22.6 Å². The van der Waals surface area contributed by atoms with Gasteiger partial charge in [-0.2, -0.15) is 13.2 Å². The van der Waals surface area contributed by atoms with E-state index >= 15 is 0 Å². The Bertz CT molecular complexity index is 971. The van der Waals surface area contributed by atoms with Crippen LogP contribution in [0.15, 0.2) is 59.3 Å². The van der Waals surface area contributed by atoms with Crippen LogP contribution in [0, 0.1) is 0 Å². The zero-order valence-corrected chi connectivity index (χ0v) is 15.7. The van der Waals surface area contributed by atoms with Gasteiger partial charge in [0.05, 0.1) is 6.26 Å². The zero-order valence-electron chi connectivity index (χ0n) is 15.7. The lowest BCUT2D eigenvalue weighted by molar-refractivity contribution is -0.192. The normalized spacial score (nSPS) is 15.9. The molecule has 1 aliphatic heterocycles. The van der Waals surface area contributed by atoms with E-state index in [1.165, 1.54) is 0 Å². The highest BCUT2D eigenvalue weighted by Gasteiger charge is 2.38. The summed E-state index contributed by atoms with van der Waals surface area (Å²) in [6.07, 6.45) is -0.467. The molecule has 0 aliphatic carbocycles. The predicted molar refractivity (Wildman–Crippen MR) is 104 cm³/mol. The van der Waals surface area contributed by atoms with Crippen LogP contribution in [0.25, 0.3) is 22.6 Å². The minimum atomic E-state index is -5.08. The Morgan fingerprint density at radius 3 is 2.57 bits per heavy atom. The van der Waals surface area contributed by atoms with Gasteiger partial charge in [-0.25, -0.2) is 14.8 Å². The smallest absolute Gasteiger partial charge is 0.475 e. The molecule has 1 aliphatic rings. The van der Waals surface area contributed by atoms with E-state index in [2.05, 4.69) is 32.7 Å². The first-order valence-electron chi connectivity index (χ1n) is 9.07. The summed E-state index contributed by atoms with van der Waals surface area (Å²) in [6.45, 7) is 1.99. The molecule has 2 aromatic heterocycles. The van der Waals surface area contributed by atoms with Crippen molar-refractivity contribution in [3.63, 3.8) is 0 Å². The van der Waals surface area contributed by atoms with Crippen molar-refractivity contribution in [2.24, 2.45) is 0 Å². The topological polar surface area (TPSA) is 100 Å². The third-order valence-electron chi connectivity index (χ3n) is 4.25. The molecule has 30 heavy (non-hydrogen) atoms. The van der Waals surface area contributed by atoms with E-state index in [4.69, 9.17) is 14.3 Å². The number of anilines is 1. The summed E-state index contributed by atoms with van der Waals surface area (Å²) in [4.78, 5) is 17.8. The molecule has 1 unspecified atom stereocenters. The lowest BCUT2D eigenvalue weighted by atomic mass is 10.1. The van der Waals surface area contributed by atoms with Crippen molar-refractivity contribution < 1.29 is 27.5 Å². The van der Waals surface area contributed by atoms with Crippen molar-refractivity contribution in [1.82, 2.24) is 15.3 Å². The van der Waals surface area contributed by atoms with E-state index in [0.717, 1.165) is 42.1 Å². The van der Waals surface area contributed by atoms with E-state index < -0.39 is 12.1 Å². The molecule has 158 valence electrons. The van der Waals surface area contributed by atoms with Crippen LogP contribution in [0.4, 0.5) is 19.1 Å². The van der Waals surface area contributed by atoms with Crippen LogP contribution in [-0.2, 0) is 4.79 Å². The number of carboxylic acid groups (broad SMARTS) is 1. The van der Waals surface area contributed by atoms with Gasteiger partial charge in [0, 0.05) is 24.3 Å². The average Bonchev–Trinajstić information content (AvgIpc) is 3.41. The minimum Gasteiger partial charge on any atom is -0.475 e. The standard InChI is InChI=1S/C18H18N4O.C2HF3O2/c1-2-4-13(5-3-1)14-10-17(23-12-14)16-7-9-20-18(22-16)21-15-6-8-19-11-15;3-2(4,5)1(6)7/h1-5,7,9-10,12,15,19H,6,8,11H2,(H,20,21,22);(H,6,7). The molecular formula is C20H19F3N4O3. The van der Waals surface area contributed by atoms with Gasteiger partial charge in [0.1, 0.15) is 5.69 Å². The van der Waals surface area contributed by atoms with Crippen LogP contribution in [0.2, 0.25) is 0 Å². The van der Waals surface area contributed by atoms with Gasteiger partial charge >= 0.3 is 12.1 Å². The number of rotatable bonds is 4. The van der Waals surface area contributed by atoms with E-state index in [9.17, 15) is 13.2 Å². The average molecular weight is 420 g/mol. The maximum atomic E-state index is 10.6.